The van der Waals surface area contributed by atoms with Crippen LogP contribution in [-0.2, 0) is 0 Å². The summed E-state index contributed by atoms with van der Waals surface area (Å²) in [5.41, 5.74) is 4.11. The van der Waals surface area contributed by atoms with Gasteiger partial charge in [-0.15, -0.1) is 0 Å². The molecule has 0 bridgehead atoms. The third-order valence-corrected chi connectivity index (χ3v) is 2.78. The van der Waals surface area contributed by atoms with Crippen LogP contribution in [0.15, 0.2) is 64.8 Å². The van der Waals surface area contributed by atoms with Gasteiger partial charge in [-0.1, -0.05) is 30.3 Å². The Labute approximate surface area is 127 Å². The van der Waals surface area contributed by atoms with Gasteiger partial charge < -0.3 is 0 Å². The van der Waals surface area contributed by atoms with Crippen LogP contribution < -0.4 is 10.4 Å². The minimum Gasteiger partial charge on any atom is -0.278 e. The molecule has 2 aromatic carbocycles. The van der Waals surface area contributed by atoms with Gasteiger partial charge in [-0.3, -0.25) is 20.5 Å². The lowest BCUT2D eigenvalue weighted by Crippen LogP contribution is -2.11. The molecule has 0 aliphatic heterocycles. The van der Waals surface area contributed by atoms with E-state index in [2.05, 4.69) is 15.6 Å². The molecule has 0 saturated heterocycles. The smallest absolute Gasteiger partial charge is 0.278 e. The van der Waals surface area contributed by atoms with Gasteiger partial charge in [-0.2, -0.15) is 10.2 Å². The van der Waals surface area contributed by atoms with Crippen LogP contribution in [0, 0.1) is 10.1 Å². The number of nitro groups is 1. The summed E-state index contributed by atoms with van der Waals surface area (Å²) in [5.74, 6) is 0. The second kappa shape index (κ2) is 7.53. The van der Waals surface area contributed by atoms with E-state index in [-0.39, 0.29) is 5.69 Å². The Hall–Kier alpha value is -3.22. The molecule has 0 unspecified atom stereocenters. The molecule has 7 nitrogen and oxygen atoms in total. The highest BCUT2D eigenvalue weighted by Gasteiger charge is 2.14. The summed E-state index contributed by atoms with van der Waals surface area (Å²) in [6.07, 6.45) is 2.92. The van der Waals surface area contributed by atoms with Gasteiger partial charge >= 0.3 is 0 Å². The molecule has 0 aliphatic rings. The van der Waals surface area contributed by atoms with E-state index in [0.29, 0.717) is 5.69 Å². The predicted molar refractivity (Wildman–Crippen MR) is 88.5 cm³/mol. The average molecular weight is 297 g/mol. The first kappa shape index (κ1) is 15.2. The number of hydrazone groups is 2. The standard InChI is InChI=1S/C15H15N5O2/c1-19(14-9-5-6-10-15(14)20(21)22)17-12-11-16-18-13-7-3-2-4-8-13/h2-12,18H,1H3/b16-11+,17-12+. The molecule has 0 aliphatic carbocycles. The Morgan fingerprint density at radius 3 is 2.50 bits per heavy atom. The van der Waals surface area contributed by atoms with Gasteiger partial charge in [-0.05, 0) is 18.2 Å². The van der Waals surface area contributed by atoms with Crippen molar-refractivity contribution in [3.63, 3.8) is 0 Å². The SMILES string of the molecule is CN(/N=C/C=N/Nc1ccccc1)c1ccccc1[N+](=O)[O-]. The van der Waals surface area contributed by atoms with Gasteiger partial charge in [-0.25, -0.2) is 0 Å². The third kappa shape index (κ3) is 4.14. The lowest BCUT2D eigenvalue weighted by molar-refractivity contribution is -0.384. The molecule has 7 heteroatoms. The van der Waals surface area contributed by atoms with Crippen molar-refractivity contribution in [3.05, 3.63) is 64.7 Å². The van der Waals surface area contributed by atoms with Crippen LogP contribution in [-0.4, -0.2) is 24.4 Å². The molecule has 0 atom stereocenters. The molecule has 0 spiro atoms. The Morgan fingerprint density at radius 2 is 1.77 bits per heavy atom. The van der Waals surface area contributed by atoms with E-state index in [1.807, 2.05) is 30.3 Å². The van der Waals surface area contributed by atoms with Crippen LogP contribution >= 0.6 is 0 Å². The second-order valence-corrected chi connectivity index (χ2v) is 4.29. The van der Waals surface area contributed by atoms with E-state index in [4.69, 9.17) is 0 Å². The van der Waals surface area contributed by atoms with E-state index in [1.165, 1.54) is 23.5 Å². The zero-order valence-corrected chi connectivity index (χ0v) is 12.0. The Morgan fingerprint density at radius 1 is 1.09 bits per heavy atom. The number of nitrogens with zero attached hydrogens (tertiary/aromatic N) is 4. The lowest BCUT2D eigenvalue weighted by atomic mass is 10.2. The van der Waals surface area contributed by atoms with E-state index in [0.717, 1.165) is 5.69 Å². The number of anilines is 2. The van der Waals surface area contributed by atoms with Crippen molar-refractivity contribution < 1.29 is 4.92 Å². The first-order valence-electron chi connectivity index (χ1n) is 6.52. The maximum Gasteiger partial charge on any atom is 0.294 e. The van der Waals surface area contributed by atoms with Gasteiger partial charge in [0.25, 0.3) is 5.69 Å². The fourth-order valence-corrected chi connectivity index (χ4v) is 1.74. The van der Waals surface area contributed by atoms with Gasteiger partial charge in [0, 0.05) is 13.1 Å². The van der Waals surface area contributed by atoms with Crippen LogP contribution in [0.3, 0.4) is 0 Å². The van der Waals surface area contributed by atoms with Crippen LogP contribution in [0.1, 0.15) is 0 Å². The molecular weight excluding hydrogens is 282 g/mol. The summed E-state index contributed by atoms with van der Waals surface area (Å²) in [6, 6.07) is 15.9. The highest BCUT2D eigenvalue weighted by molar-refractivity contribution is 6.16. The van der Waals surface area contributed by atoms with Gasteiger partial charge in [0.1, 0.15) is 5.69 Å². The number of hydrogen-bond donors (Lipinski definition) is 1. The Bertz CT molecular complexity index is 685. The van der Waals surface area contributed by atoms with E-state index in [1.54, 1.807) is 25.2 Å². The molecule has 0 heterocycles. The molecule has 0 aromatic heterocycles. The maximum absolute atomic E-state index is 11.0. The summed E-state index contributed by atoms with van der Waals surface area (Å²) < 4.78 is 0. The van der Waals surface area contributed by atoms with Crippen LogP contribution in [0.4, 0.5) is 17.1 Å². The van der Waals surface area contributed by atoms with Crippen molar-refractivity contribution in [2.75, 3.05) is 17.5 Å². The van der Waals surface area contributed by atoms with Gasteiger partial charge in [0.05, 0.1) is 23.0 Å². The molecule has 1 N–H and O–H groups in total. The summed E-state index contributed by atoms with van der Waals surface area (Å²) in [4.78, 5) is 10.5. The van der Waals surface area contributed by atoms with Crippen LogP contribution in [0.25, 0.3) is 0 Å². The van der Waals surface area contributed by atoms with Crippen LogP contribution in [0.5, 0.6) is 0 Å². The van der Waals surface area contributed by atoms with Crippen molar-refractivity contribution in [2.45, 2.75) is 0 Å². The second-order valence-electron chi connectivity index (χ2n) is 4.29. The third-order valence-electron chi connectivity index (χ3n) is 2.78. The molecule has 0 saturated carbocycles. The largest absolute Gasteiger partial charge is 0.294 e. The number of benzene rings is 2. The first-order valence-corrected chi connectivity index (χ1v) is 6.52. The summed E-state index contributed by atoms with van der Waals surface area (Å²) in [7, 11) is 1.64. The molecule has 112 valence electrons. The van der Waals surface area contributed by atoms with Crippen molar-refractivity contribution in [1.29, 1.82) is 0 Å². The van der Waals surface area contributed by atoms with Crippen molar-refractivity contribution >= 4 is 29.5 Å². The number of nitro benzene ring substituents is 1. The van der Waals surface area contributed by atoms with Crippen molar-refractivity contribution in [3.8, 4) is 0 Å². The number of para-hydroxylation sites is 3. The Kier molecular flexibility index (Phi) is 5.20. The molecule has 0 radical (unpaired) electrons. The molecule has 2 aromatic rings. The number of rotatable bonds is 6. The summed E-state index contributed by atoms with van der Waals surface area (Å²) in [6.45, 7) is 0. The minimum absolute atomic E-state index is 0.00139. The van der Waals surface area contributed by atoms with Gasteiger partial charge in [0.2, 0.25) is 0 Å². The average Bonchev–Trinajstić information content (AvgIpc) is 2.55. The van der Waals surface area contributed by atoms with Crippen LogP contribution in [0.2, 0.25) is 0 Å². The topological polar surface area (TPSA) is 83.1 Å². The highest BCUT2D eigenvalue weighted by atomic mass is 16.6. The van der Waals surface area contributed by atoms with E-state index in [9.17, 15) is 10.1 Å². The van der Waals surface area contributed by atoms with E-state index < -0.39 is 4.92 Å². The maximum atomic E-state index is 11.0. The zero-order chi connectivity index (χ0) is 15.8. The summed E-state index contributed by atoms with van der Waals surface area (Å²) >= 11 is 0. The van der Waals surface area contributed by atoms with Crippen molar-refractivity contribution in [2.24, 2.45) is 10.2 Å². The fraction of sp³-hybridized carbons (Fsp3) is 0.0667. The zero-order valence-electron chi connectivity index (χ0n) is 12.0. The highest BCUT2D eigenvalue weighted by Crippen LogP contribution is 2.26. The molecular formula is C15H15N5O2. The van der Waals surface area contributed by atoms with E-state index >= 15 is 0 Å². The van der Waals surface area contributed by atoms with Gasteiger partial charge in [0.15, 0.2) is 0 Å². The predicted octanol–water partition coefficient (Wildman–Crippen LogP) is 3.11. The monoisotopic (exact) mass is 297 g/mol. The normalized spacial score (nSPS) is 11.0. The summed E-state index contributed by atoms with van der Waals surface area (Å²) in [5, 5.41) is 20.4. The molecule has 0 amide bonds. The lowest BCUT2D eigenvalue weighted by Gasteiger charge is -2.11. The molecule has 2 rings (SSSR count). The Balaban J connectivity index is 1.97. The number of nitrogens with one attached hydrogen (secondary N) is 1. The minimum atomic E-state index is -0.438. The van der Waals surface area contributed by atoms with Crippen molar-refractivity contribution in [1.82, 2.24) is 0 Å². The quantitative estimate of drug-likeness (QED) is 0.504. The molecule has 0 fully saturated rings. The first-order chi connectivity index (χ1) is 10.7. The number of hydrogen-bond acceptors (Lipinski definition) is 6. The fourth-order valence-electron chi connectivity index (χ4n) is 1.74. The molecule has 22 heavy (non-hydrogen) atoms.